The first-order valence-electron chi connectivity index (χ1n) is 8.58. The van der Waals surface area contributed by atoms with Gasteiger partial charge in [0, 0.05) is 19.6 Å². The number of carbonyl (C=O) groups excluding carboxylic acids is 1. The number of rotatable bonds is 6. The molecule has 7 heteroatoms. The zero-order valence-electron chi connectivity index (χ0n) is 14.3. The Hall–Kier alpha value is -1.73. The molecule has 0 radical (unpaired) electrons. The lowest BCUT2D eigenvalue weighted by molar-refractivity contribution is -0.137. The number of aromatic nitrogens is 2. The van der Waals surface area contributed by atoms with E-state index in [0.717, 1.165) is 43.9 Å². The van der Waals surface area contributed by atoms with Crippen molar-refractivity contribution in [3.05, 3.63) is 23.4 Å². The molecule has 0 aliphatic carbocycles. The van der Waals surface area contributed by atoms with E-state index in [0.29, 0.717) is 18.3 Å². The number of likely N-dealkylation sites (tertiary alicyclic amines) is 1. The molecule has 24 heavy (non-hydrogen) atoms. The molecule has 3 rings (SSSR count). The predicted octanol–water partition coefficient (Wildman–Crippen LogP) is 2.88. The number of nitrogens with zero attached hydrogens (tertiary/aromatic N) is 4. The van der Waals surface area contributed by atoms with E-state index in [1.807, 2.05) is 36.3 Å². The van der Waals surface area contributed by atoms with Gasteiger partial charge in [-0.25, -0.2) is 0 Å². The first-order chi connectivity index (χ1) is 11.7. The van der Waals surface area contributed by atoms with Crippen LogP contribution in [0.5, 0.6) is 0 Å². The molecule has 2 aromatic heterocycles. The molecular formula is C17H24N4O2S. The average molecular weight is 348 g/mol. The standard InChI is InChI=1S/C17H24N4O2S/c1-3-21(4-2)17(22)13-7-5-9-20(11-13)12-15-18-16(19-23-15)14-8-6-10-24-14/h6,8,10,13H,3-5,7,9,11-12H2,1-2H3/t13-/m0/s1. The summed E-state index contributed by atoms with van der Waals surface area (Å²) in [6.07, 6.45) is 2.00. The molecule has 0 bridgehead atoms. The summed E-state index contributed by atoms with van der Waals surface area (Å²) in [6.45, 7) is 7.98. The first-order valence-corrected chi connectivity index (χ1v) is 9.46. The van der Waals surface area contributed by atoms with Crippen LogP contribution >= 0.6 is 11.3 Å². The van der Waals surface area contributed by atoms with Gasteiger partial charge in [0.15, 0.2) is 0 Å². The van der Waals surface area contributed by atoms with Gasteiger partial charge in [0.25, 0.3) is 0 Å². The zero-order chi connectivity index (χ0) is 16.9. The van der Waals surface area contributed by atoms with Crippen molar-refractivity contribution in [2.24, 2.45) is 5.92 Å². The van der Waals surface area contributed by atoms with Crippen LogP contribution in [0, 0.1) is 5.92 Å². The van der Waals surface area contributed by atoms with Crippen LogP contribution in [0.1, 0.15) is 32.6 Å². The van der Waals surface area contributed by atoms with Gasteiger partial charge in [0.1, 0.15) is 0 Å². The lowest BCUT2D eigenvalue weighted by Crippen LogP contribution is -2.44. The van der Waals surface area contributed by atoms with E-state index in [1.54, 1.807) is 11.3 Å². The Morgan fingerprint density at radius 2 is 2.29 bits per heavy atom. The van der Waals surface area contributed by atoms with Crippen LogP contribution in [0.3, 0.4) is 0 Å². The Balaban J connectivity index is 1.60. The first kappa shape index (κ1) is 17.1. The molecule has 1 aliphatic rings. The number of thiophene rings is 1. The van der Waals surface area contributed by atoms with E-state index in [-0.39, 0.29) is 11.8 Å². The maximum absolute atomic E-state index is 12.6. The molecule has 130 valence electrons. The van der Waals surface area contributed by atoms with Crippen molar-refractivity contribution in [2.75, 3.05) is 26.2 Å². The second-order valence-corrected chi connectivity index (χ2v) is 7.02. The van der Waals surface area contributed by atoms with Crippen molar-refractivity contribution >= 4 is 17.2 Å². The second-order valence-electron chi connectivity index (χ2n) is 6.07. The monoisotopic (exact) mass is 348 g/mol. The largest absolute Gasteiger partial charge is 0.343 e. The zero-order valence-corrected chi connectivity index (χ0v) is 15.1. The van der Waals surface area contributed by atoms with Crippen LogP contribution in [0.15, 0.2) is 22.0 Å². The van der Waals surface area contributed by atoms with Gasteiger partial charge in [0.2, 0.25) is 17.6 Å². The van der Waals surface area contributed by atoms with E-state index in [4.69, 9.17) is 4.52 Å². The number of piperidine rings is 1. The highest BCUT2D eigenvalue weighted by molar-refractivity contribution is 7.13. The Morgan fingerprint density at radius 3 is 3.00 bits per heavy atom. The Kier molecular flexibility index (Phi) is 5.63. The van der Waals surface area contributed by atoms with Crippen molar-refractivity contribution in [1.29, 1.82) is 0 Å². The van der Waals surface area contributed by atoms with Crippen LogP contribution in [0.25, 0.3) is 10.7 Å². The smallest absolute Gasteiger partial charge is 0.241 e. The molecule has 0 unspecified atom stereocenters. The molecule has 1 saturated heterocycles. The topological polar surface area (TPSA) is 62.5 Å². The van der Waals surface area contributed by atoms with E-state index in [9.17, 15) is 4.79 Å². The summed E-state index contributed by atoms with van der Waals surface area (Å²) in [5.41, 5.74) is 0. The molecule has 6 nitrogen and oxygen atoms in total. The van der Waals surface area contributed by atoms with E-state index < -0.39 is 0 Å². The van der Waals surface area contributed by atoms with Gasteiger partial charge < -0.3 is 9.42 Å². The number of hydrogen-bond acceptors (Lipinski definition) is 6. The van der Waals surface area contributed by atoms with Crippen LogP contribution in [0.2, 0.25) is 0 Å². The molecular weight excluding hydrogens is 324 g/mol. The quantitative estimate of drug-likeness (QED) is 0.803. The van der Waals surface area contributed by atoms with Gasteiger partial charge in [-0.3, -0.25) is 9.69 Å². The third-order valence-electron chi connectivity index (χ3n) is 4.50. The SMILES string of the molecule is CCN(CC)C(=O)[C@H]1CCCN(Cc2nc(-c3cccs3)no2)C1. The van der Waals surface area contributed by atoms with Crippen LogP contribution in [-0.4, -0.2) is 52.0 Å². The fourth-order valence-electron chi connectivity index (χ4n) is 3.21. The molecule has 0 aromatic carbocycles. The molecule has 0 spiro atoms. The summed E-state index contributed by atoms with van der Waals surface area (Å²) in [5, 5.41) is 6.05. The second kappa shape index (κ2) is 7.90. The fraction of sp³-hybridized carbons (Fsp3) is 0.588. The molecule has 0 saturated carbocycles. The summed E-state index contributed by atoms with van der Waals surface area (Å²) in [4.78, 5) is 22.2. The van der Waals surface area contributed by atoms with E-state index in [2.05, 4.69) is 15.0 Å². The van der Waals surface area contributed by atoms with Gasteiger partial charge in [-0.2, -0.15) is 4.98 Å². The summed E-state index contributed by atoms with van der Waals surface area (Å²) < 4.78 is 5.39. The Bertz CT molecular complexity index is 651. The maximum Gasteiger partial charge on any atom is 0.241 e. The average Bonchev–Trinajstić information content (AvgIpc) is 3.27. The van der Waals surface area contributed by atoms with E-state index >= 15 is 0 Å². The van der Waals surface area contributed by atoms with Gasteiger partial charge >= 0.3 is 0 Å². The maximum atomic E-state index is 12.6. The minimum Gasteiger partial charge on any atom is -0.343 e. The van der Waals surface area contributed by atoms with Crippen LogP contribution < -0.4 is 0 Å². The fourth-order valence-corrected chi connectivity index (χ4v) is 3.86. The highest BCUT2D eigenvalue weighted by Gasteiger charge is 2.29. The lowest BCUT2D eigenvalue weighted by Gasteiger charge is -2.33. The van der Waals surface area contributed by atoms with Crippen LogP contribution in [0.4, 0.5) is 0 Å². The normalized spacial score (nSPS) is 18.7. The third-order valence-corrected chi connectivity index (χ3v) is 5.36. The lowest BCUT2D eigenvalue weighted by atomic mass is 9.96. The minimum atomic E-state index is 0.0818. The molecule has 1 fully saturated rings. The molecule has 1 atom stereocenters. The number of carbonyl (C=O) groups is 1. The highest BCUT2D eigenvalue weighted by Crippen LogP contribution is 2.23. The summed E-state index contributed by atoms with van der Waals surface area (Å²) >= 11 is 1.60. The Labute approximate surface area is 146 Å². The van der Waals surface area contributed by atoms with Gasteiger partial charge in [0.05, 0.1) is 17.3 Å². The van der Waals surface area contributed by atoms with E-state index in [1.165, 1.54) is 0 Å². The Morgan fingerprint density at radius 1 is 1.46 bits per heavy atom. The molecule has 3 heterocycles. The number of hydrogen-bond donors (Lipinski definition) is 0. The van der Waals surface area contributed by atoms with Gasteiger partial charge in [-0.15, -0.1) is 11.3 Å². The molecule has 0 N–H and O–H groups in total. The van der Waals surface area contributed by atoms with Crippen molar-refractivity contribution in [3.63, 3.8) is 0 Å². The highest BCUT2D eigenvalue weighted by atomic mass is 32.1. The van der Waals surface area contributed by atoms with Crippen LogP contribution in [-0.2, 0) is 11.3 Å². The van der Waals surface area contributed by atoms with Crippen molar-refractivity contribution in [1.82, 2.24) is 19.9 Å². The summed E-state index contributed by atoms with van der Waals surface area (Å²) in [6, 6.07) is 3.96. The summed E-state index contributed by atoms with van der Waals surface area (Å²) in [5.74, 6) is 1.62. The molecule has 1 aliphatic heterocycles. The van der Waals surface area contributed by atoms with Crippen molar-refractivity contribution in [2.45, 2.75) is 33.2 Å². The third kappa shape index (κ3) is 3.84. The molecule has 1 amide bonds. The number of amides is 1. The van der Waals surface area contributed by atoms with Crippen molar-refractivity contribution < 1.29 is 9.32 Å². The van der Waals surface area contributed by atoms with Crippen molar-refractivity contribution in [3.8, 4) is 10.7 Å². The molecule has 2 aromatic rings. The predicted molar refractivity (Wildman–Crippen MR) is 93.5 cm³/mol. The van der Waals surface area contributed by atoms with Gasteiger partial charge in [-0.1, -0.05) is 11.2 Å². The van der Waals surface area contributed by atoms with Gasteiger partial charge in [-0.05, 0) is 44.7 Å². The summed E-state index contributed by atoms with van der Waals surface area (Å²) in [7, 11) is 0. The minimum absolute atomic E-state index is 0.0818.